The zero-order chi connectivity index (χ0) is 17.2. The molecule has 0 aliphatic carbocycles. The van der Waals surface area contributed by atoms with Gasteiger partial charge in [-0.3, -0.25) is 0 Å². The molecule has 0 spiro atoms. The van der Waals surface area contributed by atoms with Crippen LogP contribution in [-0.4, -0.2) is 5.11 Å². The summed E-state index contributed by atoms with van der Waals surface area (Å²) in [6.07, 6.45) is 0.138. The molecule has 0 radical (unpaired) electrons. The minimum atomic E-state index is -0.496. The van der Waals surface area contributed by atoms with E-state index in [4.69, 9.17) is 0 Å². The maximum atomic E-state index is 10.8. The van der Waals surface area contributed by atoms with E-state index in [0.717, 1.165) is 16.7 Å². The molecule has 1 aromatic heterocycles. The number of hydrogen-bond donors (Lipinski definition) is 1. The second kappa shape index (κ2) is 6.92. The van der Waals surface area contributed by atoms with Gasteiger partial charge in [0, 0.05) is 16.2 Å². The van der Waals surface area contributed by atoms with Gasteiger partial charge in [0.1, 0.15) is 0 Å². The van der Waals surface area contributed by atoms with Crippen molar-refractivity contribution in [2.45, 2.75) is 38.7 Å². The molecule has 1 nitrogen and oxygen atoms in total. The van der Waals surface area contributed by atoms with E-state index < -0.39 is 6.10 Å². The SMILES string of the molecule is CC(C)(C)c1ccc(-c2ccccc2C(O)Cc2ccccc2)s1. The van der Waals surface area contributed by atoms with E-state index in [-0.39, 0.29) is 5.41 Å². The molecule has 2 aromatic carbocycles. The van der Waals surface area contributed by atoms with E-state index in [0.29, 0.717) is 6.42 Å². The highest BCUT2D eigenvalue weighted by Gasteiger charge is 2.19. The van der Waals surface area contributed by atoms with Crippen molar-refractivity contribution < 1.29 is 5.11 Å². The lowest BCUT2D eigenvalue weighted by Crippen LogP contribution is -2.07. The second-order valence-electron chi connectivity index (χ2n) is 7.21. The third-order valence-corrected chi connectivity index (χ3v) is 5.75. The van der Waals surface area contributed by atoms with Crippen molar-refractivity contribution in [2.24, 2.45) is 0 Å². The minimum absolute atomic E-state index is 0.153. The van der Waals surface area contributed by atoms with Crippen molar-refractivity contribution in [3.8, 4) is 10.4 Å². The maximum absolute atomic E-state index is 10.8. The summed E-state index contributed by atoms with van der Waals surface area (Å²) in [5, 5.41) is 10.8. The Morgan fingerprint density at radius 3 is 2.21 bits per heavy atom. The third kappa shape index (κ3) is 3.77. The summed E-state index contributed by atoms with van der Waals surface area (Å²) in [7, 11) is 0. The van der Waals surface area contributed by atoms with E-state index in [1.165, 1.54) is 9.75 Å². The Balaban J connectivity index is 1.92. The maximum Gasteiger partial charge on any atom is 0.0836 e. The summed E-state index contributed by atoms with van der Waals surface area (Å²) in [6.45, 7) is 6.70. The predicted octanol–water partition coefficient (Wildman–Crippen LogP) is 5.99. The number of aliphatic hydroxyl groups is 1. The van der Waals surface area contributed by atoms with Crippen LogP contribution in [0.3, 0.4) is 0 Å². The second-order valence-corrected chi connectivity index (χ2v) is 8.29. The monoisotopic (exact) mass is 336 g/mol. The van der Waals surface area contributed by atoms with E-state index in [9.17, 15) is 5.11 Å². The summed E-state index contributed by atoms with van der Waals surface area (Å²) in [4.78, 5) is 2.59. The van der Waals surface area contributed by atoms with E-state index >= 15 is 0 Å². The van der Waals surface area contributed by atoms with Gasteiger partial charge in [0.15, 0.2) is 0 Å². The lowest BCUT2D eigenvalue weighted by molar-refractivity contribution is 0.179. The quantitative estimate of drug-likeness (QED) is 0.620. The summed E-state index contributed by atoms with van der Waals surface area (Å²) >= 11 is 1.82. The molecule has 1 unspecified atom stereocenters. The lowest BCUT2D eigenvalue weighted by Gasteiger charge is -2.16. The number of rotatable bonds is 4. The van der Waals surface area contributed by atoms with Gasteiger partial charge in [-0.15, -0.1) is 11.3 Å². The van der Waals surface area contributed by atoms with Crippen LogP contribution < -0.4 is 0 Å². The van der Waals surface area contributed by atoms with Crippen LogP contribution in [0.15, 0.2) is 66.7 Å². The molecule has 24 heavy (non-hydrogen) atoms. The van der Waals surface area contributed by atoms with Gasteiger partial charge in [0.2, 0.25) is 0 Å². The Morgan fingerprint density at radius 1 is 0.875 bits per heavy atom. The third-order valence-electron chi connectivity index (χ3n) is 4.20. The fourth-order valence-electron chi connectivity index (χ4n) is 2.85. The van der Waals surface area contributed by atoms with Crippen molar-refractivity contribution >= 4 is 11.3 Å². The molecule has 0 amide bonds. The molecular formula is C22H24OS. The smallest absolute Gasteiger partial charge is 0.0836 e. The van der Waals surface area contributed by atoms with Crippen LogP contribution in [0.2, 0.25) is 0 Å². The first-order chi connectivity index (χ1) is 11.4. The molecule has 1 atom stereocenters. The van der Waals surface area contributed by atoms with Gasteiger partial charge in [-0.25, -0.2) is 0 Å². The van der Waals surface area contributed by atoms with E-state index in [1.807, 2.05) is 47.7 Å². The highest BCUT2D eigenvalue weighted by atomic mass is 32.1. The molecule has 1 N–H and O–H groups in total. The predicted molar refractivity (Wildman–Crippen MR) is 104 cm³/mol. The Morgan fingerprint density at radius 2 is 1.54 bits per heavy atom. The zero-order valence-electron chi connectivity index (χ0n) is 14.5. The van der Waals surface area contributed by atoms with Gasteiger partial charge >= 0.3 is 0 Å². The molecule has 1 heterocycles. The van der Waals surface area contributed by atoms with E-state index in [2.05, 4.69) is 51.1 Å². The fraction of sp³-hybridized carbons (Fsp3) is 0.273. The average molecular weight is 336 g/mol. The topological polar surface area (TPSA) is 20.2 Å². The number of thiophene rings is 1. The van der Waals surface area contributed by atoms with Crippen LogP contribution in [0.1, 0.15) is 42.9 Å². The molecule has 124 valence electrons. The van der Waals surface area contributed by atoms with Crippen molar-refractivity contribution in [1.29, 1.82) is 0 Å². The van der Waals surface area contributed by atoms with Crippen LogP contribution in [0, 0.1) is 0 Å². The normalized spacial score (nSPS) is 13.0. The Hall–Kier alpha value is -1.90. The Bertz CT molecular complexity index is 796. The minimum Gasteiger partial charge on any atom is -0.388 e. The van der Waals surface area contributed by atoms with Crippen molar-refractivity contribution in [2.75, 3.05) is 0 Å². The van der Waals surface area contributed by atoms with Crippen LogP contribution in [0.4, 0.5) is 0 Å². The van der Waals surface area contributed by atoms with Crippen LogP contribution in [0.25, 0.3) is 10.4 Å². The Labute approximate surface area is 148 Å². The van der Waals surface area contributed by atoms with Crippen molar-refractivity contribution in [3.63, 3.8) is 0 Å². The van der Waals surface area contributed by atoms with Crippen LogP contribution in [-0.2, 0) is 11.8 Å². The fourth-order valence-corrected chi connectivity index (χ4v) is 3.96. The number of hydrogen-bond acceptors (Lipinski definition) is 2. The van der Waals surface area contributed by atoms with Gasteiger partial charge in [0.05, 0.1) is 6.10 Å². The molecule has 0 bridgehead atoms. The summed E-state index contributed by atoms with van der Waals surface area (Å²) in [5.41, 5.74) is 3.45. The molecule has 0 saturated heterocycles. The van der Waals surface area contributed by atoms with Gasteiger partial charge in [-0.2, -0.15) is 0 Å². The highest BCUT2D eigenvalue weighted by molar-refractivity contribution is 7.15. The van der Waals surface area contributed by atoms with Gasteiger partial charge in [-0.05, 0) is 34.2 Å². The molecule has 3 aromatic rings. The first kappa shape index (κ1) is 16.9. The summed E-state index contributed by atoms with van der Waals surface area (Å²) in [6, 6.07) is 22.8. The van der Waals surface area contributed by atoms with Crippen molar-refractivity contribution in [1.82, 2.24) is 0 Å². The standard InChI is InChI=1S/C22H24OS/c1-22(2,3)21-14-13-20(24-21)18-12-8-7-11-17(18)19(23)15-16-9-5-4-6-10-16/h4-14,19,23H,15H2,1-3H3. The van der Waals surface area contributed by atoms with E-state index in [1.54, 1.807) is 0 Å². The van der Waals surface area contributed by atoms with Crippen LogP contribution in [0.5, 0.6) is 0 Å². The molecule has 2 heteroatoms. The lowest BCUT2D eigenvalue weighted by atomic mass is 9.94. The number of aliphatic hydroxyl groups excluding tert-OH is 1. The molecular weight excluding hydrogens is 312 g/mol. The van der Waals surface area contributed by atoms with Gasteiger partial charge in [0.25, 0.3) is 0 Å². The first-order valence-electron chi connectivity index (χ1n) is 8.37. The Kier molecular flexibility index (Phi) is 4.88. The van der Waals surface area contributed by atoms with Gasteiger partial charge < -0.3 is 5.11 Å². The molecule has 0 aliphatic rings. The molecule has 0 saturated carbocycles. The summed E-state index contributed by atoms with van der Waals surface area (Å²) < 4.78 is 0. The van der Waals surface area contributed by atoms with Gasteiger partial charge in [-0.1, -0.05) is 75.4 Å². The summed E-state index contributed by atoms with van der Waals surface area (Å²) in [5.74, 6) is 0. The molecule has 3 rings (SSSR count). The zero-order valence-corrected chi connectivity index (χ0v) is 15.3. The molecule has 0 aliphatic heterocycles. The highest BCUT2D eigenvalue weighted by Crippen LogP contribution is 2.38. The van der Waals surface area contributed by atoms with Crippen LogP contribution >= 0.6 is 11.3 Å². The largest absolute Gasteiger partial charge is 0.388 e. The number of benzene rings is 2. The molecule has 0 fully saturated rings. The average Bonchev–Trinajstić information content (AvgIpc) is 3.06. The van der Waals surface area contributed by atoms with Crippen molar-refractivity contribution in [3.05, 3.63) is 82.7 Å². The first-order valence-corrected chi connectivity index (χ1v) is 9.18.